The number of nitrogens with one attached hydrogen (secondary N) is 1. The van der Waals surface area contributed by atoms with Gasteiger partial charge in [0.25, 0.3) is 5.91 Å². The van der Waals surface area contributed by atoms with Crippen molar-refractivity contribution in [2.75, 3.05) is 45.9 Å². The quantitative estimate of drug-likeness (QED) is 0.728. The van der Waals surface area contributed by atoms with Crippen molar-refractivity contribution < 1.29 is 18.8 Å². The van der Waals surface area contributed by atoms with Crippen LogP contribution in [0.5, 0.6) is 5.75 Å². The Labute approximate surface area is 158 Å². The van der Waals surface area contributed by atoms with Gasteiger partial charge in [-0.25, -0.2) is 0 Å². The van der Waals surface area contributed by atoms with E-state index in [1.54, 1.807) is 17.9 Å². The first-order valence-electron chi connectivity index (χ1n) is 9.01. The van der Waals surface area contributed by atoms with E-state index in [1.165, 1.54) is 0 Å². The second-order valence-electron chi connectivity index (χ2n) is 6.41. The number of carbonyl (C=O) groups excluding carboxylic acids is 2. The Hall–Kier alpha value is -2.87. The Kier molecular flexibility index (Phi) is 6.43. The number of piperazine rings is 1. The summed E-state index contributed by atoms with van der Waals surface area (Å²) in [5.74, 6) is 0.849. The van der Waals surface area contributed by atoms with Crippen LogP contribution < -0.4 is 10.1 Å². The molecule has 3 rings (SSSR count). The summed E-state index contributed by atoms with van der Waals surface area (Å²) in [6.07, 6.45) is 0. The molecule has 0 atom stereocenters. The lowest BCUT2D eigenvalue weighted by atomic mass is 10.2. The van der Waals surface area contributed by atoms with E-state index in [0.29, 0.717) is 51.6 Å². The van der Waals surface area contributed by atoms with Gasteiger partial charge in [0.1, 0.15) is 12.4 Å². The van der Waals surface area contributed by atoms with Gasteiger partial charge in [-0.05, 0) is 19.1 Å². The highest BCUT2D eigenvalue weighted by Gasteiger charge is 2.25. The minimum Gasteiger partial charge on any atom is -0.492 e. The lowest BCUT2D eigenvalue weighted by Crippen LogP contribution is -2.51. The summed E-state index contributed by atoms with van der Waals surface area (Å²) in [5.41, 5.74) is 0.685. The number of aromatic nitrogens is 1. The van der Waals surface area contributed by atoms with Crippen LogP contribution in [-0.2, 0) is 4.79 Å². The highest BCUT2D eigenvalue weighted by atomic mass is 16.5. The van der Waals surface area contributed by atoms with Crippen LogP contribution in [0.4, 0.5) is 0 Å². The molecular weight excluding hydrogens is 348 g/mol. The van der Waals surface area contributed by atoms with Crippen molar-refractivity contribution in [3.63, 3.8) is 0 Å². The van der Waals surface area contributed by atoms with Crippen molar-refractivity contribution in [3.05, 3.63) is 47.9 Å². The van der Waals surface area contributed by atoms with E-state index < -0.39 is 0 Å². The fourth-order valence-corrected chi connectivity index (χ4v) is 2.86. The second kappa shape index (κ2) is 9.18. The molecule has 0 radical (unpaired) electrons. The maximum atomic E-state index is 12.3. The Bertz CT molecular complexity index is 754. The second-order valence-corrected chi connectivity index (χ2v) is 6.41. The lowest BCUT2D eigenvalue weighted by molar-refractivity contribution is -0.122. The van der Waals surface area contributed by atoms with Crippen LogP contribution in [0.3, 0.4) is 0 Å². The summed E-state index contributed by atoms with van der Waals surface area (Å²) in [7, 11) is 0. The highest BCUT2D eigenvalue weighted by Crippen LogP contribution is 2.10. The zero-order valence-electron chi connectivity index (χ0n) is 15.4. The molecule has 0 saturated carbocycles. The Balaban J connectivity index is 1.32. The van der Waals surface area contributed by atoms with Crippen LogP contribution in [0.15, 0.2) is 40.9 Å². The predicted molar refractivity (Wildman–Crippen MR) is 98.5 cm³/mol. The fraction of sp³-hybridized carbons (Fsp3) is 0.421. The molecule has 0 aliphatic carbocycles. The molecule has 27 heavy (non-hydrogen) atoms. The number of nitrogens with zero attached hydrogens (tertiary/aromatic N) is 3. The molecule has 1 saturated heterocycles. The number of para-hydroxylation sites is 1. The number of carbonyl (C=O) groups is 2. The third-order valence-corrected chi connectivity index (χ3v) is 4.30. The first-order valence-corrected chi connectivity index (χ1v) is 9.01. The number of aryl methyl sites for hydroxylation is 1. The van der Waals surface area contributed by atoms with Crippen LogP contribution >= 0.6 is 0 Å². The molecule has 0 bridgehead atoms. The normalized spacial score (nSPS) is 14.8. The number of benzene rings is 1. The minimum absolute atomic E-state index is 0.0442. The average molecular weight is 372 g/mol. The Morgan fingerprint density at radius 1 is 1.19 bits per heavy atom. The van der Waals surface area contributed by atoms with E-state index in [2.05, 4.69) is 10.5 Å². The number of hydrogen-bond donors (Lipinski definition) is 1. The molecule has 1 aromatic carbocycles. The molecule has 1 aromatic heterocycles. The van der Waals surface area contributed by atoms with Gasteiger partial charge in [-0.3, -0.25) is 14.5 Å². The maximum Gasteiger partial charge on any atom is 0.292 e. The standard InChI is InChI=1S/C19H24N4O4/c1-15-13-17(27-21-15)19(25)23-10-8-22(9-11-23)14-18(24)20-7-12-26-16-5-3-2-4-6-16/h2-6,13H,7-12,14H2,1H3,(H,20,24). The molecule has 0 spiro atoms. The number of rotatable bonds is 7. The van der Waals surface area contributed by atoms with Crippen molar-refractivity contribution in [2.24, 2.45) is 0 Å². The van der Waals surface area contributed by atoms with Crippen molar-refractivity contribution in [1.82, 2.24) is 20.3 Å². The van der Waals surface area contributed by atoms with E-state index in [1.807, 2.05) is 35.2 Å². The predicted octanol–water partition coefficient (Wildman–Crippen LogP) is 0.936. The van der Waals surface area contributed by atoms with Gasteiger partial charge >= 0.3 is 0 Å². The monoisotopic (exact) mass is 372 g/mol. The molecular formula is C19H24N4O4. The van der Waals surface area contributed by atoms with Crippen LogP contribution in [0.1, 0.15) is 16.2 Å². The van der Waals surface area contributed by atoms with Gasteiger partial charge < -0.3 is 19.5 Å². The average Bonchev–Trinajstić information content (AvgIpc) is 3.12. The summed E-state index contributed by atoms with van der Waals surface area (Å²) < 4.78 is 10.6. The van der Waals surface area contributed by atoms with Gasteiger partial charge in [-0.15, -0.1) is 0 Å². The van der Waals surface area contributed by atoms with E-state index >= 15 is 0 Å². The van der Waals surface area contributed by atoms with Crippen LogP contribution in [0.25, 0.3) is 0 Å². The Morgan fingerprint density at radius 3 is 2.59 bits per heavy atom. The molecule has 2 amide bonds. The molecule has 2 heterocycles. The van der Waals surface area contributed by atoms with Crippen molar-refractivity contribution in [1.29, 1.82) is 0 Å². The fourth-order valence-electron chi connectivity index (χ4n) is 2.86. The third-order valence-electron chi connectivity index (χ3n) is 4.30. The van der Waals surface area contributed by atoms with Crippen molar-refractivity contribution in [3.8, 4) is 5.75 Å². The highest BCUT2D eigenvalue weighted by molar-refractivity contribution is 5.91. The topological polar surface area (TPSA) is 87.9 Å². The first-order chi connectivity index (χ1) is 13.1. The Morgan fingerprint density at radius 2 is 1.93 bits per heavy atom. The SMILES string of the molecule is Cc1cc(C(=O)N2CCN(CC(=O)NCCOc3ccccc3)CC2)on1. The molecule has 1 N–H and O–H groups in total. The number of ether oxygens (including phenoxy) is 1. The summed E-state index contributed by atoms with van der Waals surface area (Å²) in [6.45, 7) is 5.38. The summed E-state index contributed by atoms with van der Waals surface area (Å²) in [4.78, 5) is 28.1. The minimum atomic E-state index is -0.155. The van der Waals surface area contributed by atoms with Crippen LogP contribution in [0, 0.1) is 6.92 Å². The molecule has 1 aliphatic heterocycles. The lowest BCUT2D eigenvalue weighted by Gasteiger charge is -2.33. The zero-order chi connectivity index (χ0) is 19.1. The van der Waals surface area contributed by atoms with E-state index in [0.717, 1.165) is 5.75 Å². The maximum absolute atomic E-state index is 12.3. The zero-order valence-corrected chi connectivity index (χ0v) is 15.4. The molecule has 8 nitrogen and oxygen atoms in total. The van der Waals surface area contributed by atoms with Crippen molar-refractivity contribution >= 4 is 11.8 Å². The molecule has 1 fully saturated rings. The largest absolute Gasteiger partial charge is 0.492 e. The molecule has 144 valence electrons. The van der Waals surface area contributed by atoms with Gasteiger partial charge in [0.15, 0.2) is 0 Å². The van der Waals surface area contributed by atoms with E-state index in [-0.39, 0.29) is 17.6 Å². The van der Waals surface area contributed by atoms with Crippen molar-refractivity contribution in [2.45, 2.75) is 6.92 Å². The first kappa shape index (κ1) is 18.9. The summed E-state index contributed by atoms with van der Waals surface area (Å²) in [6, 6.07) is 11.1. The van der Waals surface area contributed by atoms with Gasteiger partial charge in [0.05, 0.1) is 18.8 Å². The smallest absolute Gasteiger partial charge is 0.292 e. The van der Waals surface area contributed by atoms with Crippen LogP contribution in [0.2, 0.25) is 0 Å². The van der Waals surface area contributed by atoms with Gasteiger partial charge in [0.2, 0.25) is 11.7 Å². The molecule has 8 heteroatoms. The van der Waals surface area contributed by atoms with Crippen LogP contribution in [-0.4, -0.2) is 72.6 Å². The van der Waals surface area contributed by atoms with Gasteiger partial charge in [-0.2, -0.15) is 0 Å². The van der Waals surface area contributed by atoms with E-state index in [9.17, 15) is 9.59 Å². The summed E-state index contributed by atoms with van der Waals surface area (Å²) >= 11 is 0. The molecule has 0 unspecified atom stereocenters. The van der Waals surface area contributed by atoms with Gasteiger partial charge in [-0.1, -0.05) is 23.4 Å². The van der Waals surface area contributed by atoms with Gasteiger partial charge in [0, 0.05) is 32.2 Å². The van der Waals surface area contributed by atoms with E-state index in [4.69, 9.17) is 9.26 Å². The third kappa shape index (κ3) is 5.55. The number of hydrogen-bond acceptors (Lipinski definition) is 6. The molecule has 1 aliphatic rings. The summed E-state index contributed by atoms with van der Waals surface area (Å²) in [5, 5.41) is 6.60. The molecule has 2 aromatic rings. The number of amides is 2.